The van der Waals surface area contributed by atoms with E-state index >= 15 is 0 Å². The third kappa shape index (κ3) is 3.76. The van der Waals surface area contributed by atoms with Crippen molar-refractivity contribution in [2.24, 2.45) is 11.7 Å². The molecule has 0 saturated heterocycles. The Kier molecular flexibility index (Phi) is 4.73. The third-order valence-corrected chi connectivity index (χ3v) is 5.02. The van der Waals surface area contributed by atoms with E-state index in [2.05, 4.69) is 10.3 Å². The van der Waals surface area contributed by atoms with Gasteiger partial charge in [-0.25, -0.2) is 9.37 Å². The molecule has 1 amide bonds. The van der Waals surface area contributed by atoms with E-state index in [4.69, 9.17) is 5.73 Å². The maximum Gasteiger partial charge on any atom is 0.230 e. The molecule has 1 aliphatic rings. The van der Waals surface area contributed by atoms with Crippen LogP contribution in [0.25, 0.3) is 0 Å². The summed E-state index contributed by atoms with van der Waals surface area (Å²) in [5.41, 5.74) is 7.19. The first-order valence-corrected chi connectivity index (χ1v) is 8.64. The summed E-state index contributed by atoms with van der Waals surface area (Å²) in [5, 5.41) is 3.42. The molecule has 1 saturated carbocycles. The number of aromatic nitrogens is 1. The standard InChI is InChI=1S/C17H20FN3OS/c1-10(9-19)16(22)21-17-20-15(11-6-7-11)14(23-17)8-12-4-2-3-5-13(12)18/h2-5,10-11H,6-9,19H2,1H3,(H,20,21,22). The van der Waals surface area contributed by atoms with E-state index in [-0.39, 0.29) is 17.6 Å². The van der Waals surface area contributed by atoms with Crippen molar-refractivity contribution in [1.82, 2.24) is 4.98 Å². The molecule has 0 spiro atoms. The van der Waals surface area contributed by atoms with Crippen LogP contribution in [0.2, 0.25) is 0 Å². The molecule has 3 N–H and O–H groups in total. The Hall–Kier alpha value is -1.79. The van der Waals surface area contributed by atoms with Gasteiger partial charge in [-0.3, -0.25) is 4.79 Å². The van der Waals surface area contributed by atoms with Gasteiger partial charge in [-0.1, -0.05) is 25.1 Å². The first-order valence-electron chi connectivity index (χ1n) is 7.82. The second kappa shape index (κ2) is 6.76. The number of carbonyl (C=O) groups excluding carboxylic acids is 1. The molecule has 0 bridgehead atoms. The van der Waals surface area contributed by atoms with Crippen molar-refractivity contribution in [1.29, 1.82) is 0 Å². The first kappa shape index (κ1) is 16.1. The number of rotatable bonds is 6. The molecule has 1 aliphatic carbocycles. The summed E-state index contributed by atoms with van der Waals surface area (Å²) in [4.78, 5) is 17.6. The molecule has 1 atom stereocenters. The highest BCUT2D eigenvalue weighted by Gasteiger charge is 2.30. The Morgan fingerprint density at radius 3 is 2.87 bits per heavy atom. The fourth-order valence-electron chi connectivity index (χ4n) is 2.37. The highest BCUT2D eigenvalue weighted by Crippen LogP contribution is 2.44. The zero-order valence-electron chi connectivity index (χ0n) is 13.0. The van der Waals surface area contributed by atoms with Crippen LogP contribution in [-0.4, -0.2) is 17.4 Å². The van der Waals surface area contributed by atoms with Gasteiger partial charge in [-0.2, -0.15) is 0 Å². The van der Waals surface area contributed by atoms with E-state index < -0.39 is 0 Å². The average molecular weight is 333 g/mol. The van der Waals surface area contributed by atoms with Gasteiger partial charge < -0.3 is 11.1 Å². The molecule has 122 valence electrons. The molecule has 1 aromatic carbocycles. The van der Waals surface area contributed by atoms with E-state index in [1.54, 1.807) is 19.1 Å². The SMILES string of the molecule is CC(CN)C(=O)Nc1nc(C2CC2)c(Cc2ccccc2F)s1. The molecule has 0 aliphatic heterocycles. The number of hydrogen-bond acceptors (Lipinski definition) is 4. The Balaban J connectivity index is 1.82. The maximum atomic E-state index is 13.9. The van der Waals surface area contributed by atoms with E-state index in [1.165, 1.54) is 17.4 Å². The van der Waals surface area contributed by atoms with Crippen LogP contribution in [0.15, 0.2) is 24.3 Å². The summed E-state index contributed by atoms with van der Waals surface area (Å²) < 4.78 is 13.9. The third-order valence-electron chi connectivity index (χ3n) is 4.03. The quantitative estimate of drug-likeness (QED) is 0.852. The molecular formula is C17H20FN3OS. The van der Waals surface area contributed by atoms with Crippen molar-refractivity contribution in [3.63, 3.8) is 0 Å². The van der Waals surface area contributed by atoms with E-state index in [0.29, 0.717) is 29.6 Å². The molecule has 1 unspecified atom stereocenters. The van der Waals surface area contributed by atoms with Crippen molar-refractivity contribution in [3.05, 3.63) is 46.2 Å². The Morgan fingerprint density at radius 1 is 1.48 bits per heavy atom. The summed E-state index contributed by atoms with van der Waals surface area (Å²) in [5.74, 6) is -0.130. The number of carbonyl (C=O) groups is 1. The van der Waals surface area contributed by atoms with Gasteiger partial charge in [0.25, 0.3) is 0 Å². The predicted molar refractivity (Wildman–Crippen MR) is 90.1 cm³/mol. The zero-order chi connectivity index (χ0) is 16.4. The monoisotopic (exact) mass is 333 g/mol. The Morgan fingerprint density at radius 2 is 2.22 bits per heavy atom. The minimum Gasteiger partial charge on any atom is -0.330 e. The van der Waals surface area contributed by atoms with Gasteiger partial charge in [-0.15, -0.1) is 11.3 Å². The fraction of sp³-hybridized carbons (Fsp3) is 0.412. The summed E-state index contributed by atoms with van der Waals surface area (Å²) in [6.07, 6.45) is 2.74. The van der Waals surface area contributed by atoms with Crippen molar-refractivity contribution in [3.8, 4) is 0 Å². The highest BCUT2D eigenvalue weighted by atomic mass is 32.1. The molecule has 1 aromatic heterocycles. The molecule has 6 heteroatoms. The van der Waals surface area contributed by atoms with Crippen molar-refractivity contribution in [2.45, 2.75) is 32.1 Å². The number of halogens is 1. The van der Waals surface area contributed by atoms with Crippen molar-refractivity contribution >= 4 is 22.4 Å². The molecule has 1 fully saturated rings. The Labute approximate surface area is 138 Å². The van der Waals surface area contributed by atoms with Crippen LogP contribution >= 0.6 is 11.3 Å². The van der Waals surface area contributed by atoms with Gasteiger partial charge >= 0.3 is 0 Å². The number of nitrogens with two attached hydrogens (primary N) is 1. The number of anilines is 1. The Bertz CT molecular complexity index is 712. The van der Waals surface area contributed by atoms with Crippen LogP contribution in [0.1, 0.15) is 41.8 Å². The van der Waals surface area contributed by atoms with Crippen LogP contribution in [-0.2, 0) is 11.2 Å². The van der Waals surface area contributed by atoms with E-state index in [1.807, 2.05) is 6.07 Å². The molecule has 0 radical (unpaired) electrons. The topological polar surface area (TPSA) is 68.0 Å². The van der Waals surface area contributed by atoms with E-state index in [9.17, 15) is 9.18 Å². The van der Waals surface area contributed by atoms with Crippen LogP contribution in [0.4, 0.5) is 9.52 Å². The van der Waals surface area contributed by atoms with Gasteiger partial charge in [0.1, 0.15) is 5.82 Å². The molecule has 1 heterocycles. The highest BCUT2D eigenvalue weighted by molar-refractivity contribution is 7.15. The number of benzene rings is 1. The fourth-order valence-corrected chi connectivity index (χ4v) is 3.44. The largest absolute Gasteiger partial charge is 0.330 e. The van der Waals surface area contributed by atoms with Crippen LogP contribution in [0, 0.1) is 11.7 Å². The normalized spacial score (nSPS) is 15.4. The summed E-state index contributed by atoms with van der Waals surface area (Å²) in [7, 11) is 0. The molecule has 3 rings (SSSR count). The average Bonchev–Trinajstić information content (AvgIpc) is 3.31. The lowest BCUT2D eigenvalue weighted by atomic mass is 10.1. The number of hydrogen-bond donors (Lipinski definition) is 2. The van der Waals surface area contributed by atoms with Crippen LogP contribution < -0.4 is 11.1 Å². The van der Waals surface area contributed by atoms with Gasteiger partial charge in [-0.05, 0) is 24.5 Å². The summed E-state index contributed by atoms with van der Waals surface area (Å²) in [6, 6.07) is 6.79. The zero-order valence-corrected chi connectivity index (χ0v) is 13.8. The first-order chi connectivity index (χ1) is 11.1. The number of nitrogens with one attached hydrogen (secondary N) is 1. The van der Waals surface area contributed by atoms with Gasteiger partial charge in [0, 0.05) is 29.7 Å². The smallest absolute Gasteiger partial charge is 0.230 e. The predicted octanol–water partition coefficient (Wildman–Crippen LogP) is 3.28. The van der Waals surface area contributed by atoms with Crippen molar-refractivity contribution in [2.75, 3.05) is 11.9 Å². The molecular weight excluding hydrogens is 313 g/mol. The van der Waals surface area contributed by atoms with Crippen LogP contribution in [0.5, 0.6) is 0 Å². The molecule has 23 heavy (non-hydrogen) atoms. The lowest BCUT2D eigenvalue weighted by Crippen LogP contribution is -2.26. The summed E-state index contributed by atoms with van der Waals surface area (Å²) in [6.45, 7) is 2.08. The lowest BCUT2D eigenvalue weighted by Gasteiger charge is -2.06. The van der Waals surface area contributed by atoms with E-state index in [0.717, 1.165) is 23.4 Å². The second-order valence-corrected chi connectivity index (χ2v) is 7.08. The molecule has 2 aromatic rings. The minimum absolute atomic E-state index is 0.124. The van der Waals surface area contributed by atoms with Gasteiger partial charge in [0.15, 0.2) is 5.13 Å². The van der Waals surface area contributed by atoms with Crippen molar-refractivity contribution < 1.29 is 9.18 Å². The number of thiazole rings is 1. The lowest BCUT2D eigenvalue weighted by molar-refractivity contribution is -0.119. The van der Waals surface area contributed by atoms with Crippen LogP contribution in [0.3, 0.4) is 0 Å². The van der Waals surface area contributed by atoms with Gasteiger partial charge in [0.2, 0.25) is 5.91 Å². The second-order valence-electron chi connectivity index (χ2n) is 6.00. The number of amides is 1. The minimum atomic E-state index is -0.252. The maximum absolute atomic E-state index is 13.9. The summed E-state index contributed by atoms with van der Waals surface area (Å²) >= 11 is 1.44. The molecule has 4 nitrogen and oxygen atoms in total. The number of nitrogens with zero attached hydrogens (tertiary/aromatic N) is 1. The van der Waals surface area contributed by atoms with Gasteiger partial charge in [0.05, 0.1) is 5.69 Å².